The van der Waals surface area contributed by atoms with Crippen molar-refractivity contribution in [1.82, 2.24) is 0 Å². The Bertz CT molecular complexity index is 510. The van der Waals surface area contributed by atoms with Gasteiger partial charge in [-0.2, -0.15) is 0 Å². The van der Waals surface area contributed by atoms with Crippen molar-refractivity contribution >= 4 is 5.78 Å². The van der Waals surface area contributed by atoms with E-state index < -0.39 is 5.41 Å². The molecule has 0 bridgehead atoms. The van der Waals surface area contributed by atoms with Crippen LogP contribution < -0.4 is 4.74 Å². The second-order valence-electron chi connectivity index (χ2n) is 6.49. The zero-order valence-corrected chi connectivity index (χ0v) is 12.3. The third-order valence-corrected chi connectivity index (χ3v) is 4.02. The van der Waals surface area contributed by atoms with E-state index in [9.17, 15) is 15.0 Å². The summed E-state index contributed by atoms with van der Waals surface area (Å²) < 4.78 is 5.60. The van der Waals surface area contributed by atoms with Crippen LogP contribution in [0.5, 0.6) is 5.75 Å². The van der Waals surface area contributed by atoms with Gasteiger partial charge >= 0.3 is 0 Å². The molecular weight excluding hydrogens is 256 g/mol. The molecule has 0 atom stereocenters. The van der Waals surface area contributed by atoms with Gasteiger partial charge in [0.2, 0.25) is 0 Å². The first-order chi connectivity index (χ1) is 9.34. The molecule has 1 aromatic carbocycles. The van der Waals surface area contributed by atoms with E-state index in [0.29, 0.717) is 24.3 Å². The summed E-state index contributed by atoms with van der Waals surface area (Å²) in [7, 11) is 0. The van der Waals surface area contributed by atoms with Crippen molar-refractivity contribution in [3.05, 3.63) is 29.3 Å². The van der Waals surface area contributed by atoms with Crippen molar-refractivity contribution in [2.45, 2.75) is 32.6 Å². The molecule has 0 aromatic heterocycles. The highest BCUT2D eigenvalue weighted by atomic mass is 16.5. The second kappa shape index (κ2) is 5.19. The lowest BCUT2D eigenvalue weighted by Crippen LogP contribution is -2.38. The molecule has 20 heavy (non-hydrogen) atoms. The molecule has 1 heterocycles. The summed E-state index contributed by atoms with van der Waals surface area (Å²) in [4.78, 5) is 12.7. The number of carbonyl (C=O) groups is 1. The largest absolute Gasteiger partial charge is 0.493 e. The molecule has 0 amide bonds. The molecule has 0 saturated heterocycles. The van der Waals surface area contributed by atoms with E-state index in [1.54, 1.807) is 6.07 Å². The summed E-state index contributed by atoms with van der Waals surface area (Å²) in [6, 6.07) is 5.58. The molecule has 4 heteroatoms. The van der Waals surface area contributed by atoms with Crippen LogP contribution in [-0.4, -0.2) is 35.8 Å². The van der Waals surface area contributed by atoms with Crippen LogP contribution in [0.3, 0.4) is 0 Å². The molecule has 110 valence electrons. The summed E-state index contributed by atoms with van der Waals surface area (Å²) in [5.74, 6) is 0.299. The molecule has 1 aliphatic heterocycles. The van der Waals surface area contributed by atoms with Crippen LogP contribution in [0.4, 0.5) is 0 Å². The monoisotopic (exact) mass is 278 g/mol. The van der Waals surface area contributed by atoms with Crippen molar-refractivity contribution in [2.75, 3.05) is 19.8 Å². The number of benzene rings is 1. The average molecular weight is 278 g/mol. The standard InChI is InChI=1S/C16H22O4/c1-15(2,3)11-4-5-13-12(8-11)14(19)16(9-17,10-18)6-7-20-13/h4-5,8,17-18H,6-7,9-10H2,1-3H3. The lowest BCUT2D eigenvalue weighted by atomic mass is 9.78. The highest BCUT2D eigenvalue weighted by Crippen LogP contribution is 2.36. The number of rotatable bonds is 2. The van der Waals surface area contributed by atoms with Gasteiger partial charge in [0, 0.05) is 0 Å². The minimum Gasteiger partial charge on any atom is -0.493 e. The van der Waals surface area contributed by atoms with Crippen LogP contribution in [0.15, 0.2) is 18.2 Å². The Balaban J connectivity index is 2.54. The van der Waals surface area contributed by atoms with Crippen LogP contribution >= 0.6 is 0 Å². The highest BCUT2D eigenvalue weighted by Gasteiger charge is 2.41. The quantitative estimate of drug-likeness (QED) is 0.867. The third-order valence-electron chi connectivity index (χ3n) is 4.02. The summed E-state index contributed by atoms with van der Waals surface area (Å²) in [5, 5.41) is 19.1. The molecule has 0 aliphatic carbocycles. The Hall–Kier alpha value is -1.39. The molecule has 0 saturated carbocycles. The number of aliphatic hydroxyl groups is 2. The van der Waals surface area contributed by atoms with Gasteiger partial charge < -0.3 is 14.9 Å². The molecule has 4 nitrogen and oxygen atoms in total. The fourth-order valence-corrected chi connectivity index (χ4v) is 2.41. The highest BCUT2D eigenvalue weighted by molar-refractivity contribution is 6.03. The van der Waals surface area contributed by atoms with Gasteiger partial charge in [-0.3, -0.25) is 4.79 Å². The van der Waals surface area contributed by atoms with Crippen LogP contribution in [-0.2, 0) is 5.41 Å². The maximum absolute atomic E-state index is 12.7. The Morgan fingerprint density at radius 1 is 1.25 bits per heavy atom. The number of aliphatic hydroxyl groups excluding tert-OH is 2. The van der Waals surface area contributed by atoms with Gasteiger partial charge in [0.15, 0.2) is 5.78 Å². The van der Waals surface area contributed by atoms with Crippen molar-refractivity contribution in [1.29, 1.82) is 0 Å². The fraction of sp³-hybridized carbons (Fsp3) is 0.562. The number of fused-ring (bicyclic) bond motifs is 1. The Kier molecular flexibility index (Phi) is 3.89. The maximum atomic E-state index is 12.7. The molecule has 1 aromatic rings. The Morgan fingerprint density at radius 3 is 2.45 bits per heavy atom. The van der Waals surface area contributed by atoms with Gasteiger partial charge in [-0.15, -0.1) is 0 Å². The number of ether oxygens (including phenoxy) is 1. The smallest absolute Gasteiger partial charge is 0.177 e. The van der Waals surface area contributed by atoms with Crippen molar-refractivity contribution < 1.29 is 19.7 Å². The van der Waals surface area contributed by atoms with Crippen LogP contribution in [0.1, 0.15) is 43.1 Å². The summed E-state index contributed by atoms with van der Waals surface area (Å²) >= 11 is 0. The van der Waals surface area contributed by atoms with Gasteiger partial charge in [0.1, 0.15) is 5.75 Å². The van der Waals surface area contributed by atoms with E-state index in [1.165, 1.54) is 0 Å². The lowest BCUT2D eigenvalue weighted by molar-refractivity contribution is 0.0345. The van der Waals surface area contributed by atoms with Gasteiger partial charge in [0.05, 0.1) is 30.8 Å². The third kappa shape index (κ3) is 2.45. The normalized spacial score (nSPS) is 18.1. The number of hydrogen-bond acceptors (Lipinski definition) is 4. The molecule has 0 fully saturated rings. The van der Waals surface area contributed by atoms with Crippen LogP contribution in [0, 0.1) is 5.41 Å². The molecular formula is C16H22O4. The predicted octanol–water partition coefficient (Wildman–Crippen LogP) is 1.92. The van der Waals surface area contributed by atoms with Crippen LogP contribution in [0.25, 0.3) is 0 Å². The van der Waals surface area contributed by atoms with E-state index >= 15 is 0 Å². The van der Waals surface area contributed by atoms with Gasteiger partial charge in [-0.1, -0.05) is 26.8 Å². The lowest BCUT2D eigenvalue weighted by Gasteiger charge is -2.26. The van der Waals surface area contributed by atoms with E-state index in [-0.39, 0.29) is 24.4 Å². The van der Waals surface area contributed by atoms with Gasteiger partial charge in [0.25, 0.3) is 0 Å². The second-order valence-corrected chi connectivity index (χ2v) is 6.49. The topological polar surface area (TPSA) is 66.8 Å². The van der Waals surface area contributed by atoms with E-state index in [0.717, 1.165) is 5.56 Å². The molecule has 2 N–H and O–H groups in total. The van der Waals surface area contributed by atoms with E-state index in [1.807, 2.05) is 12.1 Å². The molecule has 0 radical (unpaired) electrons. The summed E-state index contributed by atoms with van der Waals surface area (Å²) in [5.41, 5.74) is 0.266. The minimum atomic E-state index is -1.14. The zero-order chi connectivity index (χ0) is 15.0. The molecule has 0 unspecified atom stereocenters. The number of Topliss-reactive ketones (excluding diaryl/α,β-unsaturated/α-hetero) is 1. The van der Waals surface area contributed by atoms with Crippen molar-refractivity contribution in [3.8, 4) is 5.75 Å². The predicted molar refractivity (Wildman–Crippen MR) is 76.2 cm³/mol. The fourth-order valence-electron chi connectivity index (χ4n) is 2.41. The van der Waals surface area contributed by atoms with E-state index in [4.69, 9.17) is 4.74 Å². The number of hydrogen-bond donors (Lipinski definition) is 2. The van der Waals surface area contributed by atoms with Crippen LogP contribution in [0.2, 0.25) is 0 Å². The summed E-state index contributed by atoms with van der Waals surface area (Å²) in [6.07, 6.45) is 0.318. The van der Waals surface area contributed by atoms with Crippen molar-refractivity contribution in [2.24, 2.45) is 5.41 Å². The summed E-state index contributed by atoms with van der Waals surface area (Å²) in [6.45, 7) is 5.79. The SMILES string of the molecule is CC(C)(C)c1ccc2c(c1)C(=O)C(CO)(CO)CCO2. The first-order valence-corrected chi connectivity index (χ1v) is 6.88. The maximum Gasteiger partial charge on any atom is 0.177 e. The molecule has 1 aliphatic rings. The number of ketones is 1. The number of carbonyl (C=O) groups excluding carboxylic acids is 1. The molecule has 0 spiro atoms. The molecule has 2 rings (SSSR count). The first-order valence-electron chi connectivity index (χ1n) is 6.88. The first kappa shape index (κ1) is 15.0. The van der Waals surface area contributed by atoms with Gasteiger partial charge in [-0.05, 0) is 29.5 Å². The van der Waals surface area contributed by atoms with Crippen molar-refractivity contribution in [3.63, 3.8) is 0 Å². The minimum absolute atomic E-state index is 0.0807. The Labute approximate surface area is 119 Å². The average Bonchev–Trinajstić information content (AvgIpc) is 2.55. The zero-order valence-electron chi connectivity index (χ0n) is 12.3. The van der Waals surface area contributed by atoms with Gasteiger partial charge in [-0.25, -0.2) is 0 Å². The Morgan fingerprint density at radius 2 is 1.90 bits per heavy atom. The van der Waals surface area contributed by atoms with E-state index in [2.05, 4.69) is 20.8 Å².